The number of amides is 1. The topological polar surface area (TPSA) is 46.9 Å². The maximum absolute atomic E-state index is 13.7. The summed E-state index contributed by atoms with van der Waals surface area (Å²) in [5, 5.41) is 7.00. The summed E-state index contributed by atoms with van der Waals surface area (Å²) in [7, 11) is 0. The van der Waals surface area contributed by atoms with E-state index in [1.807, 2.05) is 0 Å². The Bertz CT molecular complexity index is 608. The number of rotatable bonds is 3. The molecule has 2 aromatic rings. The van der Waals surface area contributed by atoms with E-state index in [0.717, 1.165) is 18.5 Å². The summed E-state index contributed by atoms with van der Waals surface area (Å²) in [5.74, 6) is -0.225. The van der Waals surface area contributed by atoms with E-state index < -0.39 is 0 Å². The Morgan fingerprint density at radius 1 is 1.42 bits per heavy atom. The molecule has 1 aromatic heterocycles. The van der Waals surface area contributed by atoms with E-state index in [1.165, 1.54) is 6.07 Å². The molecule has 1 aromatic carbocycles. The molecule has 1 saturated heterocycles. The van der Waals surface area contributed by atoms with Gasteiger partial charge in [-0.15, -0.1) is 0 Å². The molecule has 0 saturated carbocycles. The molecule has 1 amide bonds. The molecule has 0 bridgehead atoms. The number of carbonyl (C=O) groups is 1. The highest BCUT2D eigenvalue weighted by molar-refractivity contribution is 5.80. The first-order valence-corrected chi connectivity index (χ1v) is 6.29. The third-order valence-corrected chi connectivity index (χ3v) is 3.39. The molecular formula is C14H14FN3O. The SMILES string of the molecule is O=C1NCCC1Cn1cc(-c2ccccc2F)cn1. The maximum Gasteiger partial charge on any atom is 0.225 e. The predicted molar refractivity (Wildman–Crippen MR) is 68.7 cm³/mol. The zero-order valence-electron chi connectivity index (χ0n) is 10.3. The minimum Gasteiger partial charge on any atom is -0.356 e. The first-order valence-electron chi connectivity index (χ1n) is 6.29. The van der Waals surface area contributed by atoms with Crippen LogP contribution in [0.15, 0.2) is 36.7 Å². The molecule has 0 aliphatic carbocycles. The van der Waals surface area contributed by atoms with Crippen molar-refractivity contribution < 1.29 is 9.18 Å². The Morgan fingerprint density at radius 2 is 2.26 bits per heavy atom. The lowest BCUT2D eigenvalue weighted by Gasteiger charge is -2.06. The van der Waals surface area contributed by atoms with Gasteiger partial charge in [-0.1, -0.05) is 18.2 Å². The highest BCUT2D eigenvalue weighted by Crippen LogP contribution is 2.22. The second-order valence-electron chi connectivity index (χ2n) is 4.71. The van der Waals surface area contributed by atoms with Gasteiger partial charge in [-0.2, -0.15) is 5.10 Å². The summed E-state index contributed by atoms with van der Waals surface area (Å²) in [4.78, 5) is 11.5. The van der Waals surface area contributed by atoms with Gasteiger partial charge in [0, 0.05) is 23.9 Å². The van der Waals surface area contributed by atoms with Crippen molar-refractivity contribution >= 4 is 5.91 Å². The smallest absolute Gasteiger partial charge is 0.225 e. The first-order chi connectivity index (χ1) is 9.24. The van der Waals surface area contributed by atoms with Crippen molar-refractivity contribution in [2.45, 2.75) is 13.0 Å². The largest absolute Gasteiger partial charge is 0.356 e. The van der Waals surface area contributed by atoms with Gasteiger partial charge in [-0.3, -0.25) is 9.48 Å². The fourth-order valence-electron chi connectivity index (χ4n) is 2.34. The van der Waals surface area contributed by atoms with Gasteiger partial charge in [0.05, 0.1) is 18.7 Å². The number of hydrogen-bond acceptors (Lipinski definition) is 2. The van der Waals surface area contributed by atoms with E-state index in [1.54, 1.807) is 35.3 Å². The van der Waals surface area contributed by atoms with Crippen LogP contribution in [-0.4, -0.2) is 22.2 Å². The average Bonchev–Trinajstić information content (AvgIpc) is 3.01. The fraction of sp³-hybridized carbons (Fsp3) is 0.286. The Kier molecular flexibility index (Phi) is 3.03. The third kappa shape index (κ3) is 2.36. The second-order valence-corrected chi connectivity index (χ2v) is 4.71. The number of carbonyl (C=O) groups excluding carboxylic acids is 1. The van der Waals surface area contributed by atoms with Gasteiger partial charge < -0.3 is 5.32 Å². The minimum atomic E-state index is -0.263. The van der Waals surface area contributed by atoms with Crippen molar-refractivity contribution in [3.63, 3.8) is 0 Å². The molecule has 5 heteroatoms. The lowest BCUT2D eigenvalue weighted by atomic mass is 10.1. The molecule has 3 rings (SSSR count). The van der Waals surface area contributed by atoms with Crippen molar-refractivity contribution in [1.29, 1.82) is 0 Å². The maximum atomic E-state index is 13.7. The van der Waals surface area contributed by atoms with Gasteiger partial charge in [0.2, 0.25) is 5.91 Å². The van der Waals surface area contributed by atoms with E-state index in [-0.39, 0.29) is 17.6 Å². The normalized spacial score (nSPS) is 18.6. The molecule has 1 aliphatic heterocycles. The summed E-state index contributed by atoms with van der Waals surface area (Å²) < 4.78 is 15.4. The molecule has 0 radical (unpaired) electrons. The molecule has 19 heavy (non-hydrogen) atoms. The second kappa shape index (κ2) is 4.84. The first kappa shape index (κ1) is 11.9. The lowest BCUT2D eigenvalue weighted by molar-refractivity contribution is -0.122. The molecule has 2 heterocycles. The molecule has 1 unspecified atom stereocenters. The van der Waals surface area contributed by atoms with Crippen LogP contribution in [0.2, 0.25) is 0 Å². The number of nitrogens with one attached hydrogen (secondary N) is 1. The highest BCUT2D eigenvalue weighted by Gasteiger charge is 2.24. The Balaban J connectivity index is 1.80. The quantitative estimate of drug-likeness (QED) is 0.914. The van der Waals surface area contributed by atoms with Crippen molar-refractivity contribution in [2.75, 3.05) is 6.54 Å². The monoisotopic (exact) mass is 259 g/mol. The fourth-order valence-corrected chi connectivity index (χ4v) is 2.34. The van der Waals surface area contributed by atoms with Crippen molar-refractivity contribution in [1.82, 2.24) is 15.1 Å². The van der Waals surface area contributed by atoms with Crippen LogP contribution in [0, 0.1) is 11.7 Å². The summed E-state index contributed by atoms with van der Waals surface area (Å²) in [5.41, 5.74) is 1.26. The number of hydrogen-bond donors (Lipinski definition) is 1. The van der Waals surface area contributed by atoms with Crippen LogP contribution < -0.4 is 5.32 Å². The van der Waals surface area contributed by atoms with Crippen molar-refractivity contribution in [2.24, 2.45) is 5.92 Å². The Labute approximate surface area is 110 Å². The Morgan fingerprint density at radius 3 is 3.00 bits per heavy atom. The number of benzene rings is 1. The summed E-state index contributed by atoms with van der Waals surface area (Å²) >= 11 is 0. The van der Waals surface area contributed by atoms with Gasteiger partial charge in [0.1, 0.15) is 5.82 Å². The van der Waals surface area contributed by atoms with Crippen molar-refractivity contribution in [3.8, 4) is 11.1 Å². The number of aromatic nitrogens is 2. The molecule has 0 spiro atoms. The van der Waals surface area contributed by atoms with Gasteiger partial charge >= 0.3 is 0 Å². The molecule has 1 N–H and O–H groups in total. The molecule has 98 valence electrons. The predicted octanol–water partition coefficient (Wildman–Crippen LogP) is 1.83. The van der Waals surface area contributed by atoms with Gasteiger partial charge in [0.25, 0.3) is 0 Å². The van der Waals surface area contributed by atoms with E-state index in [2.05, 4.69) is 10.4 Å². The number of halogens is 1. The van der Waals surface area contributed by atoms with Crippen LogP contribution in [0.25, 0.3) is 11.1 Å². The number of nitrogens with zero attached hydrogens (tertiary/aromatic N) is 2. The molecule has 1 fully saturated rings. The van der Waals surface area contributed by atoms with Crippen LogP contribution >= 0.6 is 0 Å². The zero-order chi connectivity index (χ0) is 13.2. The molecule has 1 atom stereocenters. The van der Waals surface area contributed by atoms with Gasteiger partial charge in [-0.25, -0.2) is 4.39 Å². The summed E-state index contributed by atoms with van der Waals surface area (Å²) in [6, 6.07) is 6.60. The van der Waals surface area contributed by atoms with E-state index in [9.17, 15) is 9.18 Å². The van der Waals surface area contributed by atoms with Gasteiger partial charge in [-0.05, 0) is 12.5 Å². The van der Waals surface area contributed by atoms with Crippen molar-refractivity contribution in [3.05, 3.63) is 42.5 Å². The van der Waals surface area contributed by atoms with E-state index in [0.29, 0.717) is 12.1 Å². The zero-order valence-corrected chi connectivity index (χ0v) is 10.3. The average molecular weight is 259 g/mol. The van der Waals surface area contributed by atoms with E-state index in [4.69, 9.17) is 0 Å². The van der Waals surface area contributed by atoms with Crippen LogP contribution in [0.1, 0.15) is 6.42 Å². The van der Waals surface area contributed by atoms with Crippen LogP contribution in [0.5, 0.6) is 0 Å². The van der Waals surface area contributed by atoms with Crippen LogP contribution in [-0.2, 0) is 11.3 Å². The summed E-state index contributed by atoms with van der Waals surface area (Å²) in [6.07, 6.45) is 4.24. The standard InChI is InChI=1S/C14H14FN3O/c15-13-4-2-1-3-12(13)11-7-17-18(9-11)8-10-5-6-16-14(10)19/h1-4,7,9-10H,5-6,8H2,(H,16,19). The summed E-state index contributed by atoms with van der Waals surface area (Å²) in [6.45, 7) is 1.27. The molecule has 1 aliphatic rings. The highest BCUT2D eigenvalue weighted by atomic mass is 19.1. The minimum absolute atomic E-state index is 0.0339. The molecular weight excluding hydrogens is 245 g/mol. The van der Waals surface area contributed by atoms with Crippen LogP contribution in [0.4, 0.5) is 4.39 Å². The lowest BCUT2D eigenvalue weighted by Crippen LogP contribution is -2.22. The van der Waals surface area contributed by atoms with E-state index >= 15 is 0 Å². The molecule has 4 nitrogen and oxygen atoms in total. The Hall–Kier alpha value is -2.17. The van der Waals surface area contributed by atoms with Gasteiger partial charge in [0.15, 0.2) is 0 Å². The van der Waals surface area contributed by atoms with Crippen LogP contribution in [0.3, 0.4) is 0 Å². The third-order valence-electron chi connectivity index (χ3n) is 3.39.